The van der Waals surface area contributed by atoms with Crippen molar-refractivity contribution in [3.05, 3.63) is 0 Å². The molecule has 0 rings (SSSR count). The van der Waals surface area contributed by atoms with Gasteiger partial charge in [-0.15, -0.1) is 0 Å². The molecule has 0 heterocycles. The predicted octanol–water partition coefficient (Wildman–Crippen LogP) is 0.296. The average Bonchev–Trinajstić information content (AvgIpc) is 1.64. The van der Waals surface area contributed by atoms with E-state index < -0.39 is 7.82 Å². The number of hydrogen-bond acceptors (Lipinski definition) is 4. The van der Waals surface area contributed by atoms with Crippen LogP contribution in [0.15, 0.2) is 0 Å². The van der Waals surface area contributed by atoms with Crippen LogP contribution in [0.1, 0.15) is 6.92 Å². The van der Waals surface area contributed by atoms with Gasteiger partial charge in [0.1, 0.15) is 0 Å². The summed E-state index contributed by atoms with van der Waals surface area (Å²) in [5.74, 6) is 0. The molecule has 0 bridgehead atoms. The van der Waals surface area contributed by atoms with E-state index in [2.05, 4.69) is 9.05 Å². The second-order valence-electron chi connectivity index (χ2n) is 1.09. The molecule has 0 amide bonds. The van der Waals surface area contributed by atoms with Crippen LogP contribution in [0.2, 0.25) is 0 Å². The molecule has 0 spiro atoms. The third-order valence-corrected chi connectivity index (χ3v) is 1.41. The van der Waals surface area contributed by atoms with Crippen molar-refractivity contribution < 1.29 is 23.3 Å². The van der Waals surface area contributed by atoms with E-state index in [0.29, 0.717) is 0 Å². The van der Waals surface area contributed by atoms with Gasteiger partial charge in [-0.05, 0) is 6.92 Å². The van der Waals surface area contributed by atoms with Gasteiger partial charge in [-0.25, -0.2) is 4.57 Å². The molecular formula is C3H7O5P. The lowest BCUT2D eigenvalue weighted by atomic mass is 10.9. The highest BCUT2D eigenvalue weighted by atomic mass is 31.2. The highest BCUT2D eigenvalue weighted by molar-refractivity contribution is 7.47. The summed E-state index contributed by atoms with van der Waals surface area (Å²) in [4.78, 5) is 17.9. The second-order valence-corrected chi connectivity index (χ2v) is 2.49. The van der Waals surface area contributed by atoms with Gasteiger partial charge in [-0.3, -0.25) is 14.2 Å². The number of hydrogen-bond donors (Lipinski definition) is 1. The van der Waals surface area contributed by atoms with Gasteiger partial charge >= 0.3 is 14.3 Å². The molecule has 0 saturated heterocycles. The Kier molecular flexibility index (Phi) is 3.46. The van der Waals surface area contributed by atoms with Gasteiger partial charge in [0, 0.05) is 0 Å². The van der Waals surface area contributed by atoms with Crippen LogP contribution in [0.4, 0.5) is 0 Å². The van der Waals surface area contributed by atoms with Crippen LogP contribution >= 0.6 is 7.82 Å². The molecule has 0 aliphatic rings. The minimum Gasteiger partial charge on any atom is -0.373 e. The molecule has 1 unspecified atom stereocenters. The maximum Gasteiger partial charge on any atom is 0.529 e. The van der Waals surface area contributed by atoms with E-state index in [0.717, 1.165) is 0 Å². The molecule has 54 valence electrons. The third kappa shape index (κ3) is 4.14. The van der Waals surface area contributed by atoms with Gasteiger partial charge in [0.05, 0.1) is 6.61 Å². The third-order valence-electron chi connectivity index (χ3n) is 0.468. The SMILES string of the molecule is CCOP(=O)(O)OC=O. The highest BCUT2D eigenvalue weighted by Crippen LogP contribution is 2.41. The van der Waals surface area contributed by atoms with Crippen LogP contribution in [0.25, 0.3) is 0 Å². The number of carbonyl (C=O) groups excluding carboxylic acids is 1. The largest absolute Gasteiger partial charge is 0.529 e. The van der Waals surface area contributed by atoms with Gasteiger partial charge in [0.25, 0.3) is 0 Å². The molecule has 0 radical (unpaired) electrons. The summed E-state index contributed by atoms with van der Waals surface area (Å²) in [6.07, 6.45) is 0. The Bertz CT molecular complexity index is 132. The minimum atomic E-state index is -4.06. The fraction of sp³-hybridized carbons (Fsp3) is 0.667. The van der Waals surface area contributed by atoms with Crippen molar-refractivity contribution in [2.24, 2.45) is 0 Å². The Morgan fingerprint density at radius 2 is 2.33 bits per heavy atom. The van der Waals surface area contributed by atoms with Crippen molar-refractivity contribution in [3.8, 4) is 0 Å². The molecule has 6 heteroatoms. The van der Waals surface area contributed by atoms with Gasteiger partial charge in [0.2, 0.25) is 0 Å². The van der Waals surface area contributed by atoms with Crippen LogP contribution in [0.3, 0.4) is 0 Å². The van der Waals surface area contributed by atoms with E-state index in [1.165, 1.54) is 6.92 Å². The first-order valence-electron chi connectivity index (χ1n) is 2.21. The van der Waals surface area contributed by atoms with Crippen LogP contribution in [0.5, 0.6) is 0 Å². The van der Waals surface area contributed by atoms with E-state index >= 15 is 0 Å². The van der Waals surface area contributed by atoms with Crippen molar-refractivity contribution in [2.45, 2.75) is 6.92 Å². The van der Waals surface area contributed by atoms with Gasteiger partial charge < -0.3 is 4.52 Å². The molecule has 0 aromatic heterocycles. The monoisotopic (exact) mass is 154 g/mol. The molecule has 0 aromatic carbocycles. The molecule has 0 aliphatic carbocycles. The molecule has 0 aliphatic heterocycles. The topological polar surface area (TPSA) is 72.8 Å². The first kappa shape index (κ1) is 8.62. The van der Waals surface area contributed by atoms with Crippen molar-refractivity contribution in [1.82, 2.24) is 0 Å². The maximum absolute atomic E-state index is 10.3. The first-order chi connectivity index (χ1) is 4.12. The fourth-order valence-electron chi connectivity index (χ4n) is 0.248. The van der Waals surface area contributed by atoms with E-state index in [1.807, 2.05) is 0 Å². The zero-order valence-corrected chi connectivity index (χ0v) is 5.71. The van der Waals surface area contributed by atoms with Gasteiger partial charge in [-0.2, -0.15) is 0 Å². The summed E-state index contributed by atoms with van der Waals surface area (Å²) in [5, 5.41) is 0. The quantitative estimate of drug-likeness (QED) is 0.465. The summed E-state index contributed by atoms with van der Waals surface area (Å²) < 4.78 is 18.1. The summed E-state index contributed by atoms with van der Waals surface area (Å²) in [6, 6.07) is 0. The Morgan fingerprint density at radius 1 is 1.78 bits per heavy atom. The lowest BCUT2D eigenvalue weighted by molar-refractivity contribution is -0.122. The predicted molar refractivity (Wildman–Crippen MR) is 28.6 cm³/mol. The number of rotatable bonds is 4. The van der Waals surface area contributed by atoms with E-state index in [4.69, 9.17) is 4.89 Å². The van der Waals surface area contributed by atoms with E-state index in [9.17, 15) is 9.36 Å². The Balaban J connectivity index is 3.71. The summed E-state index contributed by atoms with van der Waals surface area (Å²) in [7, 11) is -4.06. The van der Waals surface area contributed by atoms with Crippen LogP contribution in [-0.2, 0) is 18.4 Å². The smallest absolute Gasteiger partial charge is 0.373 e. The Morgan fingerprint density at radius 3 is 2.67 bits per heavy atom. The molecule has 1 N–H and O–H groups in total. The molecule has 0 fully saturated rings. The number of phosphoric acid groups is 1. The van der Waals surface area contributed by atoms with Crippen molar-refractivity contribution >= 4 is 14.3 Å². The van der Waals surface area contributed by atoms with Crippen LogP contribution in [-0.4, -0.2) is 18.0 Å². The zero-order valence-electron chi connectivity index (χ0n) is 4.81. The summed E-state index contributed by atoms with van der Waals surface area (Å²) >= 11 is 0. The Labute approximate surface area is 52.2 Å². The minimum absolute atomic E-state index is 0.0294. The van der Waals surface area contributed by atoms with Crippen LogP contribution < -0.4 is 0 Å². The summed E-state index contributed by atoms with van der Waals surface area (Å²) in [6.45, 7) is 1.41. The maximum atomic E-state index is 10.3. The lowest BCUT2D eigenvalue weighted by Crippen LogP contribution is -1.91. The molecule has 9 heavy (non-hydrogen) atoms. The fourth-order valence-corrected chi connectivity index (χ4v) is 0.744. The highest BCUT2D eigenvalue weighted by Gasteiger charge is 2.19. The van der Waals surface area contributed by atoms with Gasteiger partial charge in [-0.1, -0.05) is 0 Å². The first-order valence-corrected chi connectivity index (χ1v) is 3.71. The average molecular weight is 154 g/mol. The van der Waals surface area contributed by atoms with Crippen molar-refractivity contribution in [1.29, 1.82) is 0 Å². The second kappa shape index (κ2) is 3.61. The number of carbonyl (C=O) groups is 1. The van der Waals surface area contributed by atoms with Crippen molar-refractivity contribution in [2.75, 3.05) is 6.61 Å². The molecular weight excluding hydrogens is 147 g/mol. The Hall–Kier alpha value is -0.380. The standard InChI is InChI=1S/C3H7O5P/c1-2-7-9(5,6)8-3-4/h3H,2H2,1H3,(H,5,6). The van der Waals surface area contributed by atoms with Crippen molar-refractivity contribution in [3.63, 3.8) is 0 Å². The van der Waals surface area contributed by atoms with E-state index in [-0.39, 0.29) is 13.1 Å². The van der Waals surface area contributed by atoms with Crippen LogP contribution in [0, 0.1) is 0 Å². The molecule has 0 aromatic rings. The summed E-state index contributed by atoms with van der Waals surface area (Å²) in [5.41, 5.74) is 0. The molecule has 1 atom stereocenters. The number of phosphoric ester groups is 1. The zero-order chi connectivity index (χ0) is 7.33. The lowest BCUT2D eigenvalue weighted by Gasteiger charge is -2.04. The normalized spacial score (nSPS) is 16.2. The molecule has 0 saturated carbocycles. The van der Waals surface area contributed by atoms with E-state index in [1.54, 1.807) is 0 Å². The molecule has 5 nitrogen and oxygen atoms in total. The van der Waals surface area contributed by atoms with Gasteiger partial charge in [0.15, 0.2) is 0 Å².